The highest BCUT2D eigenvalue weighted by molar-refractivity contribution is 6.05. The molecule has 5 nitrogen and oxygen atoms in total. The Labute approximate surface area is 97.7 Å². The van der Waals surface area contributed by atoms with E-state index in [2.05, 4.69) is 9.97 Å². The number of rotatable bonds is 2. The molecular formula is C12H11N3O2. The van der Waals surface area contributed by atoms with Gasteiger partial charge >= 0.3 is 0 Å². The molecule has 0 unspecified atom stereocenters. The zero-order valence-corrected chi connectivity index (χ0v) is 9.25. The molecule has 1 amide bonds. The van der Waals surface area contributed by atoms with Gasteiger partial charge in [-0.2, -0.15) is 0 Å². The summed E-state index contributed by atoms with van der Waals surface area (Å²) >= 11 is 0. The maximum absolute atomic E-state index is 12.1. The Bertz CT molecular complexity index is 578. The van der Waals surface area contributed by atoms with E-state index in [1.165, 1.54) is 23.4 Å². The summed E-state index contributed by atoms with van der Waals surface area (Å²) in [6, 6.07) is 4.73. The Balaban J connectivity index is 2.34. The zero-order chi connectivity index (χ0) is 12.3. The van der Waals surface area contributed by atoms with Gasteiger partial charge in [-0.25, -0.2) is 0 Å². The van der Waals surface area contributed by atoms with Gasteiger partial charge in [0.15, 0.2) is 5.43 Å². The molecule has 0 bridgehead atoms. The third-order valence-electron chi connectivity index (χ3n) is 2.41. The number of aromatic nitrogens is 2. The molecule has 86 valence electrons. The van der Waals surface area contributed by atoms with Crippen LogP contribution in [0.25, 0.3) is 0 Å². The van der Waals surface area contributed by atoms with Gasteiger partial charge in [0.25, 0.3) is 5.91 Å². The first kappa shape index (κ1) is 11.1. The van der Waals surface area contributed by atoms with Crippen molar-refractivity contribution in [1.82, 2.24) is 9.97 Å². The van der Waals surface area contributed by atoms with Gasteiger partial charge in [0, 0.05) is 43.6 Å². The van der Waals surface area contributed by atoms with E-state index in [0.717, 1.165) is 0 Å². The molecule has 0 radical (unpaired) electrons. The van der Waals surface area contributed by atoms with Crippen molar-refractivity contribution < 1.29 is 4.79 Å². The third-order valence-corrected chi connectivity index (χ3v) is 2.41. The quantitative estimate of drug-likeness (QED) is 0.836. The van der Waals surface area contributed by atoms with E-state index >= 15 is 0 Å². The van der Waals surface area contributed by atoms with E-state index in [4.69, 9.17) is 0 Å². The first-order valence-corrected chi connectivity index (χ1v) is 5.05. The van der Waals surface area contributed by atoms with E-state index in [9.17, 15) is 9.59 Å². The van der Waals surface area contributed by atoms with Crippen molar-refractivity contribution in [3.05, 3.63) is 58.8 Å². The minimum absolute atomic E-state index is 0.117. The van der Waals surface area contributed by atoms with E-state index in [1.54, 1.807) is 31.6 Å². The monoisotopic (exact) mass is 229 g/mol. The van der Waals surface area contributed by atoms with Gasteiger partial charge in [-0.05, 0) is 12.1 Å². The topological polar surface area (TPSA) is 66.1 Å². The molecule has 17 heavy (non-hydrogen) atoms. The lowest BCUT2D eigenvalue weighted by atomic mass is 10.2. The molecule has 0 aromatic carbocycles. The predicted molar refractivity (Wildman–Crippen MR) is 64.0 cm³/mol. The van der Waals surface area contributed by atoms with Crippen molar-refractivity contribution in [3.63, 3.8) is 0 Å². The van der Waals surface area contributed by atoms with Gasteiger partial charge < -0.3 is 9.88 Å². The molecule has 1 N–H and O–H groups in total. The van der Waals surface area contributed by atoms with Crippen LogP contribution in [0, 0.1) is 0 Å². The second-order valence-electron chi connectivity index (χ2n) is 3.49. The van der Waals surface area contributed by atoms with Crippen LogP contribution >= 0.6 is 0 Å². The van der Waals surface area contributed by atoms with Crippen LogP contribution in [0.15, 0.2) is 47.8 Å². The highest BCUT2D eigenvalue weighted by Gasteiger charge is 2.15. The standard InChI is InChI=1S/C12H11N3O2/c1-15(9-2-5-13-6-3-9)12(17)10-8-14-7-4-11(10)16/h2-8H,1H3,(H,14,16). The smallest absolute Gasteiger partial charge is 0.263 e. The number of nitrogens with one attached hydrogen (secondary N) is 1. The van der Waals surface area contributed by atoms with E-state index in [-0.39, 0.29) is 16.9 Å². The summed E-state index contributed by atoms with van der Waals surface area (Å²) in [4.78, 5) is 31.6. The second kappa shape index (κ2) is 4.61. The number of carbonyl (C=O) groups is 1. The molecule has 0 atom stereocenters. The lowest BCUT2D eigenvalue weighted by Gasteiger charge is -2.16. The number of amides is 1. The Morgan fingerprint density at radius 3 is 2.65 bits per heavy atom. The van der Waals surface area contributed by atoms with Crippen LogP contribution in [0.5, 0.6) is 0 Å². The summed E-state index contributed by atoms with van der Waals surface area (Å²) in [5.41, 5.74) is 0.509. The van der Waals surface area contributed by atoms with Crippen molar-refractivity contribution in [2.45, 2.75) is 0 Å². The predicted octanol–water partition coefficient (Wildman–Crippen LogP) is 1.05. The minimum atomic E-state index is -0.349. The summed E-state index contributed by atoms with van der Waals surface area (Å²) in [6.45, 7) is 0. The fraction of sp³-hybridized carbons (Fsp3) is 0.0833. The number of H-pyrrole nitrogens is 1. The number of hydrogen-bond acceptors (Lipinski definition) is 3. The molecule has 2 rings (SSSR count). The molecule has 0 spiro atoms. The molecule has 2 heterocycles. The highest BCUT2D eigenvalue weighted by atomic mass is 16.2. The van der Waals surface area contributed by atoms with Crippen LogP contribution in [0.4, 0.5) is 5.69 Å². The minimum Gasteiger partial charge on any atom is -0.367 e. The van der Waals surface area contributed by atoms with Gasteiger partial charge in [0.05, 0.1) is 0 Å². The zero-order valence-electron chi connectivity index (χ0n) is 9.25. The Hall–Kier alpha value is -2.43. The maximum Gasteiger partial charge on any atom is 0.263 e. The highest BCUT2D eigenvalue weighted by Crippen LogP contribution is 2.11. The first-order valence-electron chi connectivity index (χ1n) is 5.05. The first-order chi connectivity index (χ1) is 8.20. The summed E-state index contributed by atoms with van der Waals surface area (Å²) in [6.07, 6.45) is 6.08. The molecule has 0 aliphatic carbocycles. The lowest BCUT2D eigenvalue weighted by molar-refractivity contribution is 0.0991. The molecule has 0 fully saturated rings. The van der Waals surface area contributed by atoms with Crippen molar-refractivity contribution in [2.75, 3.05) is 11.9 Å². The third kappa shape index (κ3) is 2.23. The van der Waals surface area contributed by atoms with Crippen LogP contribution in [-0.4, -0.2) is 22.9 Å². The van der Waals surface area contributed by atoms with E-state index in [0.29, 0.717) is 5.69 Å². The van der Waals surface area contributed by atoms with E-state index < -0.39 is 0 Å². The summed E-state index contributed by atoms with van der Waals surface area (Å²) in [7, 11) is 1.62. The number of nitrogens with zero attached hydrogens (tertiary/aromatic N) is 2. The molecular weight excluding hydrogens is 218 g/mol. The molecule has 0 saturated carbocycles. The van der Waals surface area contributed by atoms with Crippen LogP contribution in [0.1, 0.15) is 10.4 Å². The molecule has 0 aliphatic rings. The van der Waals surface area contributed by atoms with Crippen LogP contribution in [-0.2, 0) is 0 Å². The largest absolute Gasteiger partial charge is 0.367 e. The molecule has 0 aliphatic heterocycles. The number of pyridine rings is 2. The summed E-state index contributed by atoms with van der Waals surface area (Å²) in [5, 5.41) is 0. The number of aromatic amines is 1. The van der Waals surface area contributed by atoms with Gasteiger partial charge in [-0.3, -0.25) is 14.6 Å². The normalized spacial score (nSPS) is 9.94. The Kier molecular flexibility index (Phi) is 3.00. The van der Waals surface area contributed by atoms with Crippen molar-refractivity contribution in [3.8, 4) is 0 Å². The van der Waals surface area contributed by atoms with Crippen molar-refractivity contribution >= 4 is 11.6 Å². The number of anilines is 1. The fourth-order valence-corrected chi connectivity index (χ4v) is 1.45. The lowest BCUT2D eigenvalue weighted by Crippen LogP contribution is -2.30. The van der Waals surface area contributed by atoms with E-state index in [1.807, 2.05) is 0 Å². The second-order valence-corrected chi connectivity index (χ2v) is 3.49. The van der Waals surface area contributed by atoms with Gasteiger partial charge in [-0.15, -0.1) is 0 Å². The van der Waals surface area contributed by atoms with Crippen molar-refractivity contribution in [1.29, 1.82) is 0 Å². The van der Waals surface area contributed by atoms with Gasteiger partial charge in [-0.1, -0.05) is 0 Å². The Morgan fingerprint density at radius 2 is 2.00 bits per heavy atom. The number of hydrogen-bond donors (Lipinski definition) is 1. The van der Waals surface area contributed by atoms with Crippen LogP contribution in [0.2, 0.25) is 0 Å². The van der Waals surface area contributed by atoms with Crippen molar-refractivity contribution in [2.24, 2.45) is 0 Å². The van der Waals surface area contributed by atoms with Gasteiger partial charge in [0.2, 0.25) is 0 Å². The summed E-state index contributed by atoms with van der Waals surface area (Å²) < 4.78 is 0. The van der Waals surface area contributed by atoms with Crippen LogP contribution in [0.3, 0.4) is 0 Å². The maximum atomic E-state index is 12.1. The molecule has 2 aromatic heterocycles. The molecule has 0 saturated heterocycles. The summed E-state index contributed by atoms with van der Waals surface area (Å²) in [5.74, 6) is -0.349. The average Bonchev–Trinajstić information content (AvgIpc) is 2.39. The number of carbonyl (C=O) groups excluding carboxylic acids is 1. The van der Waals surface area contributed by atoms with Gasteiger partial charge in [0.1, 0.15) is 5.56 Å². The fourth-order valence-electron chi connectivity index (χ4n) is 1.45. The van der Waals surface area contributed by atoms with Crippen LogP contribution < -0.4 is 10.3 Å². The average molecular weight is 229 g/mol. The molecule has 5 heteroatoms. The SMILES string of the molecule is CN(C(=O)c1c[nH]ccc1=O)c1ccncc1. The Morgan fingerprint density at radius 1 is 1.29 bits per heavy atom. The molecule has 2 aromatic rings.